The van der Waals surface area contributed by atoms with Crippen molar-refractivity contribution >= 4 is 12.2 Å². The van der Waals surface area contributed by atoms with E-state index in [2.05, 4.69) is 9.98 Å². The van der Waals surface area contributed by atoms with Gasteiger partial charge in [0.15, 0.2) is 0 Å². The molecule has 0 aromatic rings. The minimum atomic E-state index is -2.90. The maximum Gasteiger partial charge on any atom is 0.570 e. The van der Waals surface area contributed by atoms with E-state index in [1.807, 2.05) is 0 Å². The summed E-state index contributed by atoms with van der Waals surface area (Å²) in [6.07, 6.45) is 1.74. The zero-order valence-electron chi connectivity index (χ0n) is 8.57. The van der Waals surface area contributed by atoms with Crippen LogP contribution in [0.3, 0.4) is 0 Å². The standard InChI is InChI=1S/C7H8N4O6/c12-5-8-4-2-1-3-7(9-6-13,10(14)15)11(16)17/h1-4H2. The van der Waals surface area contributed by atoms with Crippen LogP contribution in [0.2, 0.25) is 0 Å². The van der Waals surface area contributed by atoms with Gasteiger partial charge >= 0.3 is 5.79 Å². The quantitative estimate of drug-likeness (QED) is 0.147. The van der Waals surface area contributed by atoms with E-state index in [-0.39, 0.29) is 19.4 Å². The van der Waals surface area contributed by atoms with Crippen molar-refractivity contribution in [2.75, 3.05) is 6.54 Å². The summed E-state index contributed by atoms with van der Waals surface area (Å²) in [6, 6.07) is 0. The van der Waals surface area contributed by atoms with Gasteiger partial charge in [-0.3, -0.25) is 20.2 Å². The number of hydrogen-bond acceptors (Lipinski definition) is 8. The molecular weight excluding hydrogens is 236 g/mol. The van der Waals surface area contributed by atoms with Crippen LogP contribution in [-0.2, 0) is 9.59 Å². The van der Waals surface area contributed by atoms with Gasteiger partial charge in [-0.2, -0.15) is 0 Å². The van der Waals surface area contributed by atoms with Crippen molar-refractivity contribution in [3.05, 3.63) is 20.2 Å². The van der Waals surface area contributed by atoms with E-state index >= 15 is 0 Å². The number of carbonyl (C=O) groups excluding carboxylic acids is 2. The average molecular weight is 244 g/mol. The van der Waals surface area contributed by atoms with Crippen molar-refractivity contribution in [2.24, 2.45) is 9.98 Å². The third-order valence-electron chi connectivity index (χ3n) is 1.91. The van der Waals surface area contributed by atoms with Crippen LogP contribution >= 0.6 is 0 Å². The molecule has 0 saturated heterocycles. The lowest BCUT2D eigenvalue weighted by Gasteiger charge is -2.09. The van der Waals surface area contributed by atoms with Gasteiger partial charge in [0.05, 0.1) is 6.54 Å². The first-order valence-corrected chi connectivity index (χ1v) is 4.43. The van der Waals surface area contributed by atoms with Gasteiger partial charge in [0.1, 0.15) is 16.3 Å². The summed E-state index contributed by atoms with van der Waals surface area (Å²) in [4.78, 5) is 44.2. The number of nitro groups is 2. The third kappa shape index (κ3) is 3.90. The van der Waals surface area contributed by atoms with E-state index in [1.165, 1.54) is 6.08 Å². The van der Waals surface area contributed by atoms with Crippen LogP contribution in [0, 0.1) is 20.2 Å². The van der Waals surface area contributed by atoms with Crippen LogP contribution in [0.5, 0.6) is 0 Å². The molecule has 0 rings (SSSR count). The number of hydrogen-bond donors (Lipinski definition) is 0. The third-order valence-corrected chi connectivity index (χ3v) is 1.91. The molecule has 17 heavy (non-hydrogen) atoms. The molecule has 0 amide bonds. The lowest BCUT2D eigenvalue weighted by molar-refractivity contribution is -0.795. The molecule has 0 bridgehead atoms. The molecular formula is C7H8N4O6. The number of isocyanates is 2. The molecule has 0 atom stereocenters. The van der Waals surface area contributed by atoms with Gasteiger partial charge in [-0.05, 0) is 12.8 Å². The van der Waals surface area contributed by atoms with Crippen LogP contribution in [-0.4, -0.2) is 34.3 Å². The topological polar surface area (TPSA) is 145 Å². The van der Waals surface area contributed by atoms with E-state index in [0.717, 1.165) is 6.08 Å². The molecule has 0 radical (unpaired) electrons. The molecule has 0 aromatic carbocycles. The second-order valence-electron chi connectivity index (χ2n) is 2.92. The first-order valence-electron chi connectivity index (χ1n) is 4.43. The Hall–Kier alpha value is -2.44. The predicted molar refractivity (Wildman–Crippen MR) is 51.7 cm³/mol. The minimum absolute atomic E-state index is 0.0122. The van der Waals surface area contributed by atoms with Crippen molar-refractivity contribution in [2.45, 2.75) is 25.0 Å². The lowest BCUT2D eigenvalue weighted by Crippen LogP contribution is -2.44. The van der Waals surface area contributed by atoms with Crippen molar-refractivity contribution in [1.82, 2.24) is 0 Å². The fourth-order valence-corrected chi connectivity index (χ4v) is 1.06. The fourth-order valence-electron chi connectivity index (χ4n) is 1.06. The number of unbranched alkanes of at least 4 members (excludes halogenated alkanes) is 1. The van der Waals surface area contributed by atoms with Crippen LogP contribution in [0.4, 0.5) is 0 Å². The molecule has 10 heteroatoms. The van der Waals surface area contributed by atoms with Crippen molar-refractivity contribution in [1.29, 1.82) is 0 Å². The largest absolute Gasteiger partial charge is 0.570 e. The second-order valence-corrected chi connectivity index (χ2v) is 2.92. The average Bonchev–Trinajstić information content (AvgIpc) is 2.26. The Kier molecular flexibility index (Phi) is 5.94. The molecule has 0 unspecified atom stereocenters. The highest BCUT2D eigenvalue weighted by Gasteiger charge is 2.56. The molecule has 0 N–H and O–H groups in total. The molecule has 0 aliphatic carbocycles. The van der Waals surface area contributed by atoms with Gasteiger partial charge in [0.25, 0.3) is 0 Å². The lowest BCUT2D eigenvalue weighted by atomic mass is 10.1. The zero-order valence-corrected chi connectivity index (χ0v) is 8.57. The first kappa shape index (κ1) is 14.6. The van der Waals surface area contributed by atoms with Crippen molar-refractivity contribution < 1.29 is 19.4 Å². The maximum atomic E-state index is 10.6. The Morgan fingerprint density at radius 1 is 1.06 bits per heavy atom. The minimum Gasteiger partial charge on any atom is -0.257 e. The Balaban J connectivity index is 4.70. The highest BCUT2D eigenvalue weighted by Crippen LogP contribution is 2.20. The molecule has 0 aliphatic heterocycles. The van der Waals surface area contributed by atoms with Gasteiger partial charge in [0, 0.05) is 0 Å². The number of aliphatic imine (C=N–C) groups is 2. The fraction of sp³-hybridized carbons (Fsp3) is 0.714. The van der Waals surface area contributed by atoms with Crippen LogP contribution in [0.1, 0.15) is 19.3 Å². The maximum absolute atomic E-state index is 10.6. The molecule has 0 aliphatic rings. The molecule has 0 spiro atoms. The summed E-state index contributed by atoms with van der Waals surface area (Å²) in [6.45, 7) is 0.0554. The van der Waals surface area contributed by atoms with Gasteiger partial charge in [-0.1, -0.05) is 4.99 Å². The van der Waals surface area contributed by atoms with E-state index < -0.39 is 22.1 Å². The summed E-state index contributed by atoms with van der Waals surface area (Å²) in [5, 5.41) is 21.2. The van der Waals surface area contributed by atoms with Gasteiger partial charge < -0.3 is 0 Å². The van der Waals surface area contributed by atoms with E-state index in [1.54, 1.807) is 0 Å². The Morgan fingerprint density at radius 3 is 2.06 bits per heavy atom. The second kappa shape index (κ2) is 6.94. The van der Waals surface area contributed by atoms with E-state index in [9.17, 15) is 29.8 Å². The van der Waals surface area contributed by atoms with Crippen LogP contribution in [0.25, 0.3) is 0 Å². The SMILES string of the molecule is O=C=NCCCCC(N=C=O)([N+](=O)[O-])[N+](=O)[O-]. The van der Waals surface area contributed by atoms with Crippen molar-refractivity contribution in [3.8, 4) is 0 Å². The molecule has 0 fully saturated rings. The summed E-state index contributed by atoms with van der Waals surface area (Å²) >= 11 is 0. The highest BCUT2D eigenvalue weighted by molar-refractivity contribution is 5.33. The smallest absolute Gasteiger partial charge is 0.257 e. The van der Waals surface area contributed by atoms with Gasteiger partial charge in [-0.15, -0.1) is 0 Å². The molecule has 0 saturated carbocycles. The molecule has 10 nitrogen and oxygen atoms in total. The molecule has 92 valence electrons. The number of nitrogens with zero attached hydrogens (tertiary/aromatic N) is 4. The van der Waals surface area contributed by atoms with Gasteiger partial charge in [0.2, 0.25) is 12.2 Å². The summed E-state index contributed by atoms with van der Waals surface area (Å²) in [5.41, 5.74) is 0. The summed E-state index contributed by atoms with van der Waals surface area (Å²) < 4.78 is 0. The van der Waals surface area contributed by atoms with E-state index in [0.29, 0.717) is 0 Å². The Labute approximate surface area is 94.3 Å². The summed E-state index contributed by atoms with van der Waals surface area (Å²) in [5.74, 6) is -2.90. The summed E-state index contributed by atoms with van der Waals surface area (Å²) in [7, 11) is 0. The highest BCUT2D eigenvalue weighted by atomic mass is 16.7. The van der Waals surface area contributed by atoms with Gasteiger partial charge in [-0.25, -0.2) is 14.6 Å². The normalized spacial score (nSPS) is 9.88. The predicted octanol–water partition coefficient (Wildman–Crippen LogP) is 0.0355. The van der Waals surface area contributed by atoms with Crippen molar-refractivity contribution in [3.63, 3.8) is 0 Å². The Morgan fingerprint density at radius 2 is 1.65 bits per heavy atom. The molecule has 0 heterocycles. The number of rotatable bonds is 8. The Bertz CT molecular complexity index is 376. The zero-order chi connectivity index (χ0) is 13.3. The first-order chi connectivity index (χ1) is 8.01. The van der Waals surface area contributed by atoms with E-state index in [4.69, 9.17) is 0 Å². The molecule has 0 aromatic heterocycles. The van der Waals surface area contributed by atoms with Crippen LogP contribution < -0.4 is 0 Å². The van der Waals surface area contributed by atoms with Crippen LogP contribution in [0.15, 0.2) is 9.98 Å². The monoisotopic (exact) mass is 244 g/mol.